The summed E-state index contributed by atoms with van der Waals surface area (Å²) in [5, 5.41) is 0.636. The van der Waals surface area contributed by atoms with E-state index in [4.69, 9.17) is 22.1 Å². The molecular weight excluding hydrogens is 274 g/mol. The van der Waals surface area contributed by atoms with Crippen LogP contribution in [0.1, 0.15) is 11.3 Å². The molecule has 0 saturated carbocycles. The van der Waals surface area contributed by atoms with Crippen LogP contribution in [-0.2, 0) is 13.1 Å². The Morgan fingerprint density at radius 1 is 1.25 bits per heavy atom. The van der Waals surface area contributed by atoms with Crippen LogP contribution in [-0.4, -0.2) is 24.0 Å². The van der Waals surface area contributed by atoms with Crippen LogP contribution in [0.2, 0.25) is 5.02 Å². The topological polar surface area (TPSA) is 51.4 Å². The SMILES string of the molecule is COc1cccc(CN(C)Cc2nc(N)ccc2Cl)c1. The first kappa shape index (κ1) is 14.6. The average molecular weight is 292 g/mol. The van der Waals surface area contributed by atoms with Crippen LogP contribution >= 0.6 is 11.6 Å². The summed E-state index contributed by atoms with van der Waals surface area (Å²) in [7, 11) is 3.68. The van der Waals surface area contributed by atoms with Gasteiger partial charge in [-0.05, 0) is 36.9 Å². The number of hydrogen-bond acceptors (Lipinski definition) is 4. The molecule has 2 aromatic rings. The molecular formula is C15H18ClN3O. The monoisotopic (exact) mass is 291 g/mol. The number of rotatable bonds is 5. The molecule has 0 atom stereocenters. The fraction of sp³-hybridized carbons (Fsp3) is 0.267. The number of nitrogen functional groups attached to an aromatic ring is 1. The van der Waals surface area contributed by atoms with Gasteiger partial charge < -0.3 is 10.5 Å². The van der Waals surface area contributed by atoms with Gasteiger partial charge in [0.2, 0.25) is 0 Å². The molecule has 1 aromatic carbocycles. The largest absolute Gasteiger partial charge is 0.497 e. The average Bonchev–Trinajstić information content (AvgIpc) is 2.43. The maximum atomic E-state index is 6.13. The molecule has 106 valence electrons. The van der Waals surface area contributed by atoms with E-state index >= 15 is 0 Å². The number of anilines is 1. The normalized spacial score (nSPS) is 10.8. The smallest absolute Gasteiger partial charge is 0.123 e. The first-order valence-electron chi connectivity index (χ1n) is 6.31. The summed E-state index contributed by atoms with van der Waals surface area (Å²) in [4.78, 5) is 6.39. The molecule has 0 radical (unpaired) electrons. The molecule has 0 amide bonds. The molecule has 1 aromatic heterocycles. The highest BCUT2D eigenvalue weighted by atomic mass is 35.5. The van der Waals surface area contributed by atoms with E-state index in [1.54, 1.807) is 19.2 Å². The molecule has 2 rings (SSSR count). The zero-order chi connectivity index (χ0) is 14.5. The van der Waals surface area contributed by atoms with E-state index in [9.17, 15) is 0 Å². The van der Waals surface area contributed by atoms with Crippen molar-refractivity contribution in [3.05, 3.63) is 52.7 Å². The van der Waals surface area contributed by atoms with Gasteiger partial charge in [-0.15, -0.1) is 0 Å². The summed E-state index contributed by atoms with van der Waals surface area (Å²) in [6.45, 7) is 1.42. The van der Waals surface area contributed by atoms with E-state index in [1.807, 2.05) is 25.2 Å². The highest BCUT2D eigenvalue weighted by molar-refractivity contribution is 6.31. The van der Waals surface area contributed by atoms with E-state index in [0.29, 0.717) is 17.4 Å². The van der Waals surface area contributed by atoms with Crippen molar-refractivity contribution >= 4 is 17.4 Å². The van der Waals surface area contributed by atoms with Crippen molar-refractivity contribution < 1.29 is 4.74 Å². The lowest BCUT2D eigenvalue weighted by Gasteiger charge is -2.17. The first-order valence-corrected chi connectivity index (χ1v) is 6.68. The summed E-state index contributed by atoms with van der Waals surface area (Å²) in [5.74, 6) is 1.34. The third-order valence-corrected chi connectivity index (χ3v) is 3.29. The number of hydrogen-bond donors (Lipinski definition) is 1. The number of halogens is 1. The summed E-state index contributed by atoms with van der Waals surface area (Å²) in [5.41, 5.74) is 7.65. The Hall–Kier alpha value is -1.78. The summed E-state index contributed by atoms with van der Waals surface area (Å²) < 4.78 is 5.22. The Labute approximate surface area is 124 Å². The van der Waals surface area contributed by atoms with Crippen LogP contribution in [0, 0.1) is 0 Å². The summed E-state index contributed by atoms with van der Waals surface area (Å²) in [6.07, 6.45) is 0. The van der Waals surface area contributed by atoms with Crippen LogP contribution in [0.4, 0.5) is 5.82 Å². The maximum Gasteiger partial charge on any atom is 0.123 e. The van der Waals surface area contributed by atoms with Crippen molar-refractivity contribution in [1.82, 2.24) is 9.88 Å². The highest BCUT2D eigenvalue weighted by Gasteiger charge is 2.08. The number of aromatic nitrogens is 1. The third kappa shape index (κ3) is 3.85. The second kappa shape index (κ2) is 6.59. The van der Waals surface area contributed by atoms with E-state index in [1.165, 1.54) is 5.56 Å². The molecule has 20 heavy (non-hydrogen) atoms. The lowest BCUT2D eigenvalue weighted by molar-refractivity contribution is 0.314. The Morgan fingerprint density at radius 2 is 2.05 bits per heavy atom. The van der Waals surface area contributed by atoms with Gasteiger partial charge in [0, 0.05) is 13.1 Å². The molecule has 0 saturated heterocycles. The first-order chi connectivity index (χ1) is 9.58. The minimum atomic E-state index is 0.485. The molecule has 5 heteroatoms. The van der Waals surface area contributed by atoms with Crippen LogP contribution in [0.15, 0.2) is 36.4 Å². The van der Waals surface area contributed by atoms with Crippen molar-refractivity contribution in [2.75, 3.05) is 19.9 Å². The number of nitrogens with zero attached hydrogens (tertiary/aromatic N) is 2. The van der Waals surface area contributed by atoms with Gasteiger partial charge in [-0.1, -0.05) is 23.7 Å². The molecule has 1 heterocycles. The molecule has 4 nitrogen and oxygen atoms in total. The van der Waals surface area contributed by atoms with Crippen molar-refractivity contribution in [2.24, 2.45) is 0 Å². The number of benzene rings is 1. The van der Waals surface area contributed by atoms with Crippen LogP contribution < -0.4 is 10.5 Å². The lowest BCUT2D eigenvalue weighted by atomic mass is 10.2. The Bertz CT molecular complexity index is 589. The second-order valence-electron chi connectivity index (χ2n) is 4.69. The van der Waals surface area contributed by atoms with Gasteiger partial charge in [0.1, 0.15) is 11.6 Å². The Kier molecular flexibility index (Phi) is 4.82. The number of pyridine rings is 1. The zero-order valence-electron chi connectivity index (χ0n) is 11.6. The van der Waals surface area contributed by atoms with E-state index in [-0.39, 0.29) is 0 Å². The fourth-order valence-electron chi connectivity index (χ4n) is 2.01. The number of nitrogens with two attached hydrogens (primary N) is 1. The van der Waals surface area contributed by atoms with Crippen LogP contribution in [0.5, 0.6) is 5.75 Å². The van der Waals surface area contributed by atoms with E-state index < -0.39 is 0 Å². The van der Waals surface area contributed by atoms with Gasteiger partial charge in [0.05, 0.1) is 17.8 Å². The van der Waals surface area contributed by atoms with Gasteiger partial charge in [-0.3, -0.25) is 4.90 Å². The zero-order valence-corrected chi connectivity index (χ0v) is 12.4. The van der Waals surface area contributed by atoms with Gasteiger partial charge in [0.25, 0.3) is 0 Å². The van der Waals surface area contributed by atoms with Gasteiger partial charge in [-0.25, -0.2) is 4.98 Å². The number of methoxy groups -OCH3 is 1. The predicted molar refractivity (Wildman–Crippen MR) is 81.8 cm³/mol. The standard InChI is InChI=1S/C15H18ClN3O/c1-19(9-11-4-3-5-12(8-11)20-2)10-14-13(16)6-7-15(17)18-14/h3-8H,9-10H2,1-2H3,(H2,17,18). The van der Waals surface area contributed by atoms with Crippen molar-refractivity contribution in [3.8, 4) is 5.75 Å². The van der Waals surface area contributed by atoms with Crippen molar-refractivity contribution in [3.63, 3.8) is 0 Å². The predicted octanol–water partition coefficient (Wildman–Crippen LogP) is 2.96. The Balaban J connectivity index is 2.04. The van der Waals surface area contributed by atoms with Gasteiger partial charge >= 0.3 is 0 Å². The molecule has 0 aliphatic carbocycles. The van der Waals surface area contributed by atoms with Crippen molar-refractivity contribution in [2.45, 2.75) is 13.1 Å². The lowest BCUT2D eigenvalue weighted by Crippen LogP contribution is -2.18. The Morgan fingerprint density at radius 3 is 2.80 bits per heavy atom. The molecule has 0 bridgehead atoms. The summed E-state index contributed by atoms with van der Waals surface area (Å²) in [6, 6.07) is 11.5. The minimum Gasteiger partial charge on any atom is -0.497 e. The van der Waals surface area contributed by atoms with Gasteiger partial charge in [-0.2, -0.15) is 0 Å². The molecule has 0 spiro atoms. The molecule has 0 fully saturated rings. The molecule has 0 unspecified atom stereocenters. The molecule has 0 aliphatic heterocycles. The van der Waals surface area contributed by atoms with Gasteiger partial charge in [0.15, 0.2) is 0 Å². The van der Waals surface area contributed by atoms with Crippen molar-refractivity contribution in [1.29, 1.82) is 0 Å². The maximum absolute atomic E-state index is 6.13. The molecule has 2 N–H and O–H groups in total. The number of ether oxygens (including phenoxy) is 1. The van der Waals surface area contributed by atoms with E-state index in [0.717, 1.165) is 18.0 Å². The molecule has 0 aliphatic rings. The fourth-order valence-corrected chi connectivity index (χ4v) is 2.17. The summed E-state index contributed by atoms with van der Waals surface area (Å²) >= 11 is 6.13. The quantitative estimate of drug-likeness (QED) is 0.920. The second-order valence-corrected chi connectivity index (χ2v) is 5.10. The van der Waals surface area contributed by atoms with Crippen LogP contribution in [0.25, 0.3) is 0 Å². The minimum absolute atomic E-state index is 0.485. The highest BCUT2D eigenvalue weighted by Crippen LogP contribution is 2.18. The third-order valence-electron chi connectivity index (χ3n) is 2.95. The van der Waals surface area contributed by atoms with Crippen LogP contribution in [0.3, 0.4) is 0 Å². The van der Waals surface area contributed by atoms with E-state index in [2.05, 4.69) is 16.0 Å².